The van der Waals surface area contributed by atoms with E-state index in [-0.39, 0.29) is 11.5 Å². The summed E-state index contributed by atoms with van der Waals surface area (Å²) in [5, 5.41) is 17.0. The minimum absolute atomic E-state index is 0.207. The van der Waals surface area contributed by atoms with Crippen molar-refractivity contribution in [2.45, 2.75) is 31.2 Å². The molecule has 1 aromatic heterocycles. The fraction of sp³-hybridized carbons (Fsp3) is 0.714. The van der Waals surface area contributed by atoms with Gasteiger partial charge in [0, 0.05) is 34.4 Å². The van der Waals surface area contributed by atoms with Crippen LogP contribution in [0.2, 0.25) is 0 Å². The van der Waals surface area contributed by atoms with Crippen molar-refractivity contribution in [2.75, 3.05) is 32.9 Å². The smallest absolute Gasteiger partial charge is 0.259 e. The Bertz CT molecular complexity index is 543. The maximum atomic E-state index is 10.6. The molecule has 1 aliphatic carbocycles. The number of amidine groups is 1. The van der Waals surface area contributed by atoms with Gasteiger partial charge in [0.05, 0.1) is 12.2 Å². The molecule has 2 rings (SSSR count). The molecular weight excluding hydrogens is 334 g/mol. The van der Waals surface area contributed by atoms with E-state index in [0.29, 0.717) is 18.4 Å². The quantitative estimate of drug-likeness (QED) is 0.226. The Morgan fingerprint density at radius 1 is 1.61 bits per heavy atom. The molecule has 0 spiro atoms. The van der Waals surface area contributed by atoms with Crippen LogP contribution in [0.1, 0.15) is 23.5 Å². The zero-order valence-corrected chi connectivity index (χ0v) is 15.2. The molecule has 1 N–H and O–H groups in total. The highest BCUT2D eigenvalue weighted by atomic mass is 32.2. The number of thioether (sulfide) groups is 1. The third kappa shape index (κ3) is 7.76. The van der Waals surface area contributed by atoms with Crippen molar-refractivity contribution < 1.29 is 4.92 Å². The molecule has 23 heavy (non-hydrogen) atoms. The number of thiazole rings is 1. The van der Waals surface area contributed by atoms with Crippen molar-refractivity contribution in [2.24, 2.45) is 4.99 Å². The molecule has 1 aromatic rings. The van der Waals surface area contributed by atoms with Gasteiger partial charge in [-0.15, -0.1) is 11.3 Å². The number of aliphatic imine (C=N–C) groups is 1. The molecule has 0 amide bonds. The summed E-state index contributed by atoms with van der Waals surface area (Å²) >= 11 is 3.45. The molecule has 1 fully saturated rings. The van der Waals surface area contributed by atoms with Gasteiger partial charge in [-0.05, 0) is 26.9 Å². The van der Waals surface area contributed by atoms with E-state index in [9.17, 15) is 10.1 Å². The van der Waals surface area contributed by atoms with Crippen molar-refractivity contribution in [1.29, 1.82) is 0 Å². The first-order chi connectivity index (χ1) is 11.0. The molecule has 0 unspecified atom stereocenters. The Kier molecular flexibility index (Phi) is 7.25. The lowest BCUT2D eigenvalue weighted by Gasteiger charge is -2.05. The third-order valence-electron chi connectivity index (χ3n) is 3.07. The van der Waals surface area contributed by atoms with Gasteiger partial charge in [-0.2, -0.15) is 11.8 Å². The SMILES string of the molecule is CN(C)Cc1nc(CSCCN=C(C[N+](=O)[O-])NC2CC2)cs1. The molecular formula is C14H23N5O2S2. The number of hydrogen-bond acceptors (Lipinski definition) is 7. The van der Waals surface area contributed by atoms with Crippen LogP contribution in [0.15, 0.2) is 10.4 Å². The van der Waals surface area contributed by atoms with Crippen LogP contribution < -0.4 is 5.32 Å². The van der Waals surface area contributed by atoms with Gasteiger partial charge in [0.25, 0.3) is 6.54 Å². The molecule has 1 aliphatic rings. The highest BCUT2D eigenvalue weighted by molar-refractivity contribution is 7.98. The molecule has 0 saturated heterocycles. The van der Waals surface area contributed by atoms with Crippen molar-refractivity contribution in [3.63, 3.8) is 0 Å². The second kappa shape index (κ2) is 9.19. The molecule has 1 saturated carbocycles. The monoisotopic (exact) mass is 357 g/mol. The van der Waals surface area contributed by atoms with Gasteiger partial charge >= 0.3 is 0 Å². The standard InChI is InChI=1S/C14H23N5O2S2/c1-18(2)8-14-17-12(10-23-14)9-22-6-5-15-13(7-19(20)21)16-11-3-4-11/h10-11H,3-9H2,1-2H3,(H,15,16). The Hall–Kier alpha value is -1.19. The number of nitrogens with one attached hydrogen (secondary N) is 1. The molecule has 7 nitrogen and oxygen atoms in total. The summed E-state index contributed by atoms with van der Waals surface area (Å²) in [5.41, 5.74) is 1.10. The van der Waals surface area contributed by atoms with E-state index in [1.165, 1.54) is 0 Å². The maximum Gasteiger partial charge on any atom is 0.259 e. The molecule has 1 heterocycles. The normalized spacial score (nSPS) is 15.2. The maximum absolute atomic E-state index is 10.6. The van der Waals surface area contributed by atoms with Crippen molar-refractivity contribution >= 4 is 28.9 Å². The second-order valence-electron chi connectivity index (χ2n) is 5.76. The van der Waals surface area contributed by atoms with Gasteiger partial charge in [-0.3, -0.25) is 15.1 Å². The predicted octanol–water partition coefficient (Wildman–Crippen LogP) is 1.87. The van der Waals surface area contributed by atoms with Gasteiger partial charge in [-0.25, -0.2) is 4.98 Å². The molecule has 0 radical (unpaired) electrons. The molecule has 0 bridgehead atoms. The zero-order valence-electron chi connectivity index (χ0n) is 13.5. The summed E-state index contributed by atoms with van der Waals surface area (Å²) in [6.07, 6.45) is 2.18. The van der Waals surface area contributed by atoms with E-state index < -0.39 is 0 Å². The van der Waals surface area contributed by atoms with Crippen LogP contribution in [0.5, 0.6) is 0 Å². The topological polar surface area (TPSA) is 83.7 Å². The third-order valence-corrected chi connectivity index (χ3v) is 4.92. The molecule has 0 aliphatic heterocycles. The number of rotatable bonds is 10. The lowest BCUT2D eigenvalue weighted by Crippen LogP contribution is -2.32. The highest BCUT2D eigenvalue weighted by Gasteiger charge is 2.23. The Morgan fingerprint density at radius 3 is 3.04 bits per heavy atom. The number of nitro groups is 1. The van der Waals surface area contributed by atoms with Crippen LogP contribution in [0.3, 0.4) is 0 Å². The number of nitrogens with zero attached hydrogens (tertiary/aromatic N) is 4. The lowest BCUT2D eigenvalue weighted by molar-refractivity contribution is -0.463. The second-order valence-corrected chi connectivity index (χ2v) is 7.81. The minimum atomic E-state index is -0.330. The van der Waals surface area contributed by atoms with Gasteiger partial charge in [0.15, 0.2) is 5.84 Å². The van der Waals surface area contributed by atoms with Crippen molar-refractivity contribution in [1.82, 2.24) is 15.2 Å². The molecule has 0 aromatic carbocycles. The number of aromatic nitrogens is 1. The fourth-order valence-corrected chi connectivity index (χ4v) is 3.65. The predicted molar refractivity (Wildman–Crippen MR) is 96.0 cm³/mol. The van der Waals surface area contributed by atoms with Crippen molar-refractivity contribution in [3.05, 3.63) is 26.2 Å². The van der Waals surface area contributed by atoms with Crippen LogP contribution in [0, 0.1) is 10.1 Å². The van der Waals surface area contributed by atoms with Crippen LogP contribution in [0.25, 0.3) is 0 Å². The van der Waals surface area contributed by atoms with E-state index >= 15 is 0 Å². The average molecular weight is 358 g/mol. The largest absolute Gasteiger partial charge is 0.366 e. The molecule has 128 valence electrons. The van der Waals surface area contributed by atoms with Gasteiger partial charge < -0.3 is 10.2 Å². The van der Waals surface area contributed by atoms with E-state index in [2.05, 4.69) is 25.6 Å². The van der Waals surface area contributed by atoms with E-state index in [0.717, 1.165) is 41.6 Å². The first-order valence-electron chi connectivity index (χ1n) is 7.60. The molecule has 9 heteroatoms. The Labute approximate surface area is 144 Å². The summed E-state index contributed by atoms with van der Waals surface area (Å²) in [7, 11) is 4.07. The van der Waals surface area contributed by atoms with Gasteiger partial charge in [0.1, 0.15) is 5.01 Å². The highest BCUT2D eigenvalue weighted by Crippen LogP contribution is 2.19. The van der Waals surface area contributed by atoms with E-state index in [1.807, 2.05) is 14.1 Å². The van der Waals surface area contributed by atoms with Crippen LogP contribution in [-0.2, 0) is 12.3 Å². The van der Waals surface area contributed by atoms with E-state index in [1.54, 1.807) is 23.1 Å². The van der Waals surface area contributed by atoms with Gasteiger partial charge in [0.2, 0.25) is 0 Å². The lowest BCUT2D eigenvalue weighted by atomic mass is 10.5. The number of hydrogen-bond donors (Lipinski definition) is 1. The summed E-state index contributed by atoms with van der Waals surface area (Å²) in [6.45, 7) is 1.26. The minimum Gasteiger partial charge on any atom is -0.366 e. The first-order valence-corrected chi connectivity index (χ1v) is 9.64. The van der Waals surface area contributed by atoms with Crippen molar-refractivity contribution in [3.8, 4) is 0 Å². The van der Waals surface area contributed by atoms with E-state index in [4.69, 9.17) is 0 Å². The van der Waals surface area contributed by atoms with Crippen LogP contribution >= 0.6 is 23.1 Å². The Morgan fingerprint density at radius 2 is 2.39 bits per heavy atom. The summed E-state index contributed by atoms with van der Waals surface area (Å²) < 4.78 is 0. The first kappa shape index (κ1) is 18.2. The summed E-state index contributed by atoms with van der Waals surface area (Å²) in [6, 6.07) is 0.395. The molecule has 0 atom stereocenters. The summed E-state index contributed by atoms with van der Waals surface area (Å²) in [4.78, 5) is 21.3. The zero-order chi connectivity index (χ0) is 16.7. The van der Waals surface area contributed by atoms with Crippen LogP contribution in [-0.4, -0.2) is 59.6 Å². The van der Waals surface area contributed by atoms with Crippen LogP contribution in [0.4, 0.5) is 0 Å². The average Bonchev–Trinajstić information content (AvgIpc) is 3.16. The summed E-state index contributed by atoms with van der Waals surface area (Å²) in [5.74, 6) is 2.22. The fourth-order valence-electron chi connectivity index (χ4n) is 1.91. The Balaban J connectivity index is 1.67. The van der Waals surface area contributed by atoms with Gasteiger partial charge in [-0.1, -0.05) is 0 Å².